The molecule has 1 aliphatic rings. The zero-order chi connectivity index (χ0) is 18.4. The quantitative estimate of drug-likeness (QED) is 0.674. The van der Waals surface area contributed by atoms with Crippen LogP contribution in [0.4, 0.5) is 0 Å². The summed E-state index contributed by atoms with van der Waals surface area (Å²) in [4.78, 5) is 15.0. The van der Waals surface area contributed by atoms with E-state index in [2.05, 4.69) is 34.6 Å². The highest BCUT2D eigenvalue weighted by atomic mass is 16.5. The van der Waals surface area contributed by atoms with Gasteiger partial charge in [-0.3, -0.25) is 14.4 Å². The van der Waals surface area contributed by atoms with Crippen molar-refractivity contribution in [2.24, 2.45) is 5.41 Å². The van der Waals surface area contributed by atoms with Crippen LogP contribution in [0.2, 0.25) is 0 Å². The highest BCUT2D eigenvalue weighted by molar-refractivity contribution is 5.77. The van der Waals surface area contributed by atoms with Crippen LogP contribution in [-0.4, -0.2) is 60.1 Å². The van der Waals surface area contributed by atoms with E-state index in [4.69, 9.17) is 9.47 Å². The summed E-state index contributed by atoms with van der Waals surface area (Å²) in [7, 11) is 1.68. The molecule has 25 heavy (non-hydrogen) atoms. The molecule has 1 unspecified atom stereocenters. The number of esters is 1. The average Bonchev–Trinajstić information content (AvgIpc) is 2.90. The zero-order valence-electron chi connectivity index (χ0n) is 16.4. The first-order valence-corrected chi connectivity index (χ1v) is 9.33. The maximum Gasteiger partial charge on any atom is 0.312 e. The number of hydrogen-bond acceptors (Lipinski definition) is 5. The molecule has 0 amide bonds. The normalized spacial score (nSPS) is 18.9. The number of aryl methyl sites for hydroxylation is 2. The van der Waals surface area contributed by atoms with Crippen molar-refractivity contribution in [2.75, 3.05) is 33.4 Å². The maximum atomic E-state index is 12.5. The van der Waals surface area contributed by atoms with E-state index in [1.807, 2.05) is 13.8 Å². The summed E-state index contributed by atoms with van der Waals surface area (Å²) >= 11 is 0. The van der Waals surface area contributed by atoms with Crippen LogP contribution < -0.4 is 0 Å². The average molecular weight is 351 g/mol. The van der Waals surface area contributed by atoms with Gasteiger partial charge in [0.2, 0.25) is 0 Å². The molecule has 0 N–H and O–H groups in total. The molecule has 0 radical (unpaired) electrons. The largest absolute Gasteiger partial charge is 0.466 e. The first-order chi connectivity index (χ1) is 11.9. The topological polar surface area (TPSA) is 56.6 Å². The Bertz CT molecular complexity index is 562. The van der Waals surface area contributed by atoms with Gasteiger partial charge in [-0.1, -0.05) is 0 Å². The number of hydrogen-bond donors (Lipinski definition) is 0. The molecule has 6 nitrogen and oxygen atoms in total. The monoisotopic (exact) mass is 351 g/mol. The first kappa shape index (κ1) is 19.9. The van der Waals surface area contributed by atoms with E-state index in [0.717, 1.165) is 44.6 Å². The van der Waals surface area contributed by atoms with Crippen molar-refractivity contribution in [3.05, 3.63) is 17.5 Å². The number of methoxy groups -OCH3 is 1. The molecule has 1 aromatic heterocycles. The molecule has 0 saturated carbocycles. The Morgan fingerprint density at radius 2 is 2.04 bits per heavy atom. The van der Waals surface area contributed by atoms with Crippen molar-refractivity contribution >= 4 is 5.97 Å². The van der Waals surface area contributed by atoms with Crippen LogP contribution in [0.5, 0.6) is 0 Å². The number of likely N-dealkylation sites (tertiary alicyclic amines) is 1. The van der Waals surface area contributed by atoms with Crippen LogP contribution >= 0.6 is 0 Å². The fourth-order valence-corrected chi connectivity index (χ4v) is 3.76. The number of rotatable bonds is 8. The summed E-state index contributed by atoms with van der Waals surface area (Å²) in [6.07, 6.45) is 2.40. The second-order valence-corrected chi connectivity index (χ2v) is 7.24. The van der Waals surface area contributed by atoms with Crippen molar-refractivity contribution in [1.29, 1.82) is 0 Å². The number of carbonyl (C=O) groups is 1. The van der Waals surface area contributed by atoms with Gasteiger partial charge in [0.1, 0.15) is 0 Å². The lowest BCUT2D eigenvalue weighted by atomic mass is 9.75. The minimum absolute atomic E-state index is 0.0575. The molecule has 2 rings (SSSR count). The number of carbonyl (C=O) groups excluding carboxylic acids is 1. The number of ether oxygens (including phenoxy) is 2. The third-order valence-corrected chi connectivity index (χ3v) is 5.41. The van der Waals surface area contributed by atoms with Crippen molar-refractivity contribution in [1.82, 2.24) is 14.7 Å². The van der Waals surface area contributed by atoms with Crippen LogP contribution in [-0.2, 0) is 20.8 Å². The van der Waals surface area contributed by atoms with E-state index in [0.29, 0.717) is 19.3 Å². The second kappa shape index (κ2) is 8.81. The molecule has 1 aliphatic heterocycles. The number of aromatic nitrogens is 2. The third-order valence-electron chi connectivity index (χ3n) is 5.41. The molecule has 1 saturated heterocycles. The Hall–Kier alpha value is -1.40. The van der Waals surface area contributed by atoms with E-state index < -0.39 is 0 Å². The van der Waals surface area contributed by atoms with Crippen LogP contribution in [0.3, 0.4) is 0 Å². The van der Waals surface area contributed by atoms with Crippen LogP contribution in [0, 0.1) is 19.3 Å². The van der Waals surface area contributed by atoms with Gasteiger partial charge in [0.25, 0.3) is 0 Å². The summed E-state index contributed by atoms with van der Waals surface area (Å²) in [6, 6.07) is 2.50. The second-order valence-electron chi connectivity index (χ2n) is 7.24. The highest BCUT2D eigenvalue weighted by Crippen LogP contribution is 2.37. The van der Waals surface area contributed by atoms with E-state index in [9.17, 15) is 4.79 Å². The maximum absolute atomic E-state index is 12.5. The number of piperidine rings is 1. The Morgan fingerprint density at radius 1 is 1.36 bits per heavy atom. The predicted molar refractivity (Wildman–Crippen MR) is 97.5 cm³/mol. The molecule has 2 heterocycles. The number of nitrogens with zero attached hydrogens (tertiary/aromatic N) is 3. The summed E-state index contributed by atoms with van der Waals surface area (Å²) in [5, 5.41) is 4.57. The molecule has 0 spiro atoms. The lowest BCUT2D eigenvalue weighted by Gasteiger charge is -2.42. The molecule has 0 aromatic carbocycles. The third kappa shape index (κ3) is 4.82. The standard InChI is InChI=1S/C19H33N3O3/c1-6-25-18(23)19(9-12-24-5)7-10-21(11-8-19)17(4)14-22-16(3)13-15(2)20-22/h13,17H,6-12,14H2,1-5H3. The van der Waals surface area contributed by atoms with Crippen molar-refractivity contribution in [3.8, 4) is 0 Å². The fraction of sp³-hybridized carbons (Fsp3) is 0.789. The molecule has 0 aliphatic carbocycles. The van der Waals surface area contributed by atoms with Gasteiger partial charge in [-0.25, -0.2) is 0 Å². The molecule has 1 fully saturated rings. The minimum atomic E-state index is -0.388. The Labute approximate surface area is 151 Å². The van der Waals surface area contributed by atoms with Gasteiger partial charge >= 0.3 is 5.97 Å². The van der Waals surface area contributed by atoms with E-state index in [-0.39, 0.29) is 11.4 Å². The summed E-state index contributed by atoms with van der Waals surface area (Å²) in [6.45, 7) is 12.0. The van der Waals surface area contributed by atoms with Gasteiger partial charge in [-0.15, -0.1) is 0 Å². The molecule has 0 bridgehead atoms. The smallest absolute Gasteiger partial charge is 0.312 e. The van der Waals surface area contributed by atoms with Crippen LogP contribution in [0.15, 0.2) is 6.07 Å². The van der Waals surface area contributed by atoms with E-state index >= 15 is 0 Å². The molecule has 6 heteroatoms. The van der Waals surface area contributed by atoms with Gasteiger partial charge in [-0.05, 0) is 66.1 Å². The van der Waals surface area contributed by atoms with Crippen molar-refractivity contribution < 1.29 is 14.3 Å². The molecular formula is C19H33N3O3. The van der Waals surface area contributed by atoms with Gasteiger partial charge in [0.15, 0.2) is 0 Å². The van der Waals surface area contributed by atoms with Crippen LogP contribution in [0.1, 0.15) is 44.5 Å². The molecule has 142 valence electrons. The van der Waals surface area contributed by atoms with Gasteiger partial charge in [0.05, 0.1) is 24.3 Å². The van der Waals surface area contributed by atoms with Crippen molar-refractivity contribution in [3.63, 3.8) is 0 Å². The summed E-state index contributed by atoms with van der Waals surface area (Å²) in [5.41, 5.74) is 1.87. The highest BCUT2D eigenvalue weighted by Gasteiger charge is 2.43. The van der Waals surface area contributed by atoms with E-state index in [1.165, 1.54) is 5.69 Å². The predicted octanol–water partition coefficient (Wildman–Crippen LogP) is 2.57. The van der Waals surface area contributed by atoms with Gasteiger partial charge < -0.3 is 9.47 Å². The lowest BCUT2D eigenvalue weighted by molar-refractivity contribution is -0.160. The molecule has 1 aromatic rings. The molecule has 1 atom stereocenters. The van der Waals surface area contributed by atoms with Crippen molar-refractivity contribution in [2.45, 2.75) is 59.5 Å². The van der Waals surface area contributed by atoms with E-state index in [1.54, 1.807) is 7.11 Å². The fourth-order valence-electron chi connectivity index (χ4n) is 3.76. The Kier molecular flexibility index (Phi) is 7.02. The minimum Gasteiger partial charge on any atom is -0.466 e. The summed E-state index contributed by atoms with van der Waals surface area (Å²) < 4.78 is 12.7. The Morgan fingerprint density at radius 3 is 2.56 bits per heavy atom. The van der Waals surface area contributed by atoms with Crippen LogP contribution in [0.25, 0.3) is 0 Å². The SMILES string of the molecule is CCOC(=O)C1(CCOC)CCN(C(C)Cn2nc(C)cc2C)CC1. The van der Waals surface area contributed by atoms with Gasteiger partial charge in [0, 0.05) is 25.5 Å². The lowest BCUT2D eigenvalue weighted by Crippen LogP contribution is -2.49. The zero-order valence-corrected chi connectivity index (χ0v) is 16.4. The Balaban J connectivity index is 1.97. The molecular weight excluding hydrogens is 318 g/mol. The first-order valence-electron chi connectivity index (χ1n) is 9.33. The summed E-state index contributed by atoms with van der Waals surface area (Å²) in [5.74, 6) is -0.0575. The van der Waals surface area contributed by atoms with Gasteiger partial charge in [-0.2, -0.15) is 5.10 Å².